The highest BCUT2D eigenvalue weighted by molar-refractivity contribution is 5.39. The number of allylic oxidation sites excluding steroid dienone is 5. The summed E-state index contributed by atoms with van der Waals surface area (Å²) < 4.78 is 0. The molecule has 0 aromatic rings. The Bertz CT molecular complexity index is 712. The number of hydrogen-bond acceptors (Lipinski definition) is 1. The van der Waals surface area contributed by atoms with E-state index in [4.69, 9.17) is 0 Å². The maximum Gasteiger partial charge on any atom is 0.0578 e. The molecule has 4 rings (SSSR count). The molecule has 0 aliphatic heterocycles. The van der Waals surface area contributed by atoms with Crippen molar-refractivity contribution in [3.05, 3.63) is 35.5 Å². The fourth-order valence-electron chi connectivity index (χ4n) is 7.59. The van der Waals surface area contributed by atoms with Gasteiger partial charge in [-0.1, -0.05) is 77.0 Å². The van der Waals surface area contributed by atoms with E-state index < -0.39 is 0 Å². The van der Waals surface area contributed by atoms with Crippen molar-refractivity contribution in [2.75, 3.05) is 0 Å². The SMILES string of the molecule is CC(C)[C@@H](C)/C=C/[C@@H](C)C1CCC2C3=CC=C4CC(O)CCC4(C)C3CCC21C. The smallest absolute Gasteiger partial charge is 0.0578 e. The Morgan fingerprint density at radius 1 is 0.931 bits per heavy atom. The Morgan fingerprint density at radius 3 is 2.41 bits per heavy atom. The highest BCUT2D eigenvalue weighted by atomic mass is 16.3. The van der Waals surface area contributed by atoms with Crippen molar-refractivity contribution in [3.63, 3.8) is 0 Å². The summed E-state index contributed by atoms with van der Waals surface area (Å²) in [7, 11) is 0. The largest absolute Gasteiger partial charge is 0.393 e. The van der Waals surface area contributed by atoms with Gasteiger partial charge in [-0.05, 0) is 91.3 Å². The third-order valence-electron chi connectivity index (χ3n) is 10.0. The second kappa shape index (κ2) is 7.70. The van der Waals surface area contributed by atoms with Gasteiger partial charge in [0.1, 0.15) is 0 Å². The quantitative estimate of drug-likeness (QED) is 0.493. The first-order chi connectivity index (χ1) is 13.7. The molecule has 0 saturated heterocycles. The van der Waals surface area contributed by atoms with Crippen LogP contribution in [0.25, 0.3) is 0 Å². The first-order valence-electron chi connectivity index (χ1n) is 12.4. The first-order valence-corrected chi connectivity index (χ1v) is 12.4. The molecule has 0 amide bonds. The van der Waals surface area contributed by atoms with Gasteiger partial charge in [-0.25, -0.2) is 0 Å². The average molecular weight is 397 g/mol. The fourth-order valence-corrected chi connectivity index (χ4v) is 7.59. The van der Waals surface area contributed by atoms with Crippen molar-refractivity contribution >= 4 is 0 Å². The molecule has 0 aromatic heterocycles. The summed E-state index contributed by atoms with van der Waals surface area (Å²) in [5.74, 6) is 4.38. The number of rotatable bonds is 4. The van der Waals surface area contributed by atoms with Crippen LogP contribution in [0, 0.1) is 46.3 Å². The molecular formula is C28H44O. The molecule has 1 heteroatoms. The van der Waals surface area contributed by atoms with Crippen LogP contribution in [0.15, 0.2) is 35.5 Å². The van der Waals surface area contributed by atoms with Gasteiger partial charge in [-0.3, -0.25) is 0 Å². The van der Waals surface area contributed by atoms with E-state index in [1.165, 1.54) is 37.7 Å². The van der Waals surface area contributed by atoms with Crippen LogP contribution in [-0.4, -0.2) is 11.2 Å². The Kier molecular flexibility index (Phi) is 5.69. The predicted molar refractivity (Wildman–Crippen MR) is 123 cm³/mol. The molecule has 6 unspecified atom stereocenters. The lowest BCUT2D eigenvalue weighted by Gasteiger charge is -2.55. The molecule has 0 bridgehead atoms. The van der Waals surface area contributed by atoms with E-state index in [0.29, 0.717) is 22.7 Å². The van der Waals surface area contributed by atoms with Crippen molar-refractivity contribution in [2.24, 2.45) is 46.3 Å². The van der Waals surface area contributed by atoms with E-state index in [1.54, 1.807) is 5.57 Å². The summed E-state index contributed by atoms with van der Waals surface area (Å²) in [6.07, 6.45) is 18.4. The van der Waals surface area contributed by atoms with Crippen molar-refractivity contribution < 1.29 is 5.11 Å². The van der Waals surface area contributed by atoms with Gasteiger partial charge in [0.25, 0.3) is 0 Å². The normalized spacial score (nSPS) is 44.0. The van der Waals surface area contributed by atoms with Crippen LogP contribution in [-0.2, 0) is 0 Å². The summed E-state index contributed by atoms with van der Waals surface area (Å²) in [6.45, 7) is 14.6. The maximum absolute atomic E-state index is 10.2. The monoisotopic (exact) mass is 396 g/mol. The zero-order chi connectivity index (χ0) is 21.0. The van der Waals surface area contributed by atoms with E-state index in [-0.39, 0.29) is 6.10 Å². The summed E-state index contributed by atoms with van der Waals surface area (Å²) in [6, 6.07) is 0. The summed E-state index contributed by atoms with van der Waals surface area (Å²) in [5, 5.41) is 10.2. The van der Waals surface area contributed by atoms with Gasteiger partial charge in [-0.15, -0.1) is 0 Å². The molecule has 3 saturated carbocycles. The topological polar surface area (TPSA) is 20.2 Å². The average Bonchev–Trinajstić information content (AvgIpc) is 3.03. The second-order valence-electron chi connectivity index (χ2n) is 11.9. The van der Waals surface area contributed by atoms with Crippen LogP contribution in [0.2, 0.25) is 0 Å². The van der Waals surface area contributed by atoms with Gasteiger partial charge in [0.15, 0.2) is 0 Å². The van der Waals surface area contributed by atoms with E-state index >= 15 is 0 Å². The lowest BCUT2D eigenvalue weighted by atomic mass is 9.50. The van der Waals surface area contributed by atoms with Crippen molar-refractivity contribution in [3.8, 4) is 0 Å². The zero-order valence-electron chi connectivity index (χ0n) is 19.7. The highest BCUT2D eigenvalue weighted by Crippen LogP contribution is 2.65. The van der Waals surface area contributed by atoms with Gasteiger partial charge >= 0.3 is 0 Å². The van der Waals surface area contributed by atoms with E-state index in [2.05, 4.69) is 65.8 Å². The number of aliphatic hydroxyl groups is 1. The van der Waals surface area contributed by atoms with Crippen LogP contribution in [0.5, 0.6) is 0 Å². The van der Waals surface area contributed by atoms with Crippen molar-refractivity contribution in [1.82, 2.24) is 0 Å². The molecule has 1 nitrogen and oxygen atoms in total. The van der Waals surface area contributed by atoms with Crippen LogP contribution >= 0.6 is 0 Å². The molecule has 3 fully saturated rings. The minimum atomic E-state index is -0.116. The lowest BCUT2D eigenvalue weighted by molar-refractivity contribution is 0.0382. The highest BCUT2D eigenvalue weighted by Gasteiger charge is 2.56. The molecule has 4 aliphatic rings. The molecule has 1 N–H and O–H groups in total. The Hall–Kier alpha value is -0.820. The predicted octanol–water partition coefficient (Wildman–Crippen LogP) is 7.33. The second-order valence-corrected chi connectivity index (χ2v) is 11.9. The van der Waals surface area contributed by atoms with Gasteiger partial charge in [0.05, 0.1) is 6.10 Å². The third-order valence-corrected chi connectivity index (χ3v) is 10.0. The van der Waals surface area contributed by atoms with Gasteiger partial charge in [-0.2, -0.15) is 0 Å². The van der Waals surface area contributed by atoms with E-state index in [0.717, 1.165) is 36.5 Å². The Morgan fingerprint density at radius 2 is 1.69 bits per heavy atom. The van der Waals surface area contributed by atoms with Crippen LogP contribution in [0.4, 0.5) is 0 Å². The molecule has 8 atom stereocenters. The fraction of sp³-hybridized carbons (Fsp3) is 0.786. The molecule has 162 valence electrons. The van der Waals surface area contributed by atoms with Gasteiger partial charge in [0, 0.05) is 0 Å². The number of aliphatic hydroxyl groups excluding tert-OH is 1. The lowest BCUT2D eigenvalue weighted by Crippen LogP contribution is -2.46. The van der Waals surface area contributed by atoms with E-state index in [1.807, 2.05) is 0 Å². The third kappa shape index (κ3) is 3.50. The van der Waals surface area contributed by atoms with Crippen LogP contribution in [0.1, 0.15) is 86.5 Å². The van der Waals surface area contributed by atoms with Crippen molar-refractivity contribution in [2.45, 2.75) is 92.6 Å². The van der Waals surface area contributed by atoms with E-state index in [9.17, 15) is 5.11 Å². The first kappa shape index (κ1) is 21.4. The number of hydrogen-bond donors (Lipinski definition) is 1. The Balaban J connectivity index is 1.57. The Labute approximate surface area is 179 Å². The maximum atomic E-state index is 10.2. The summed E-state index contributed by atoms with van der Waals surface area (Å²) in [5.41, 5.74) is 4.07. The molecule has 0 spiro atoms. The molecular weight excluding hydrogens is 352 g/mol. The standard InChI is InChI=1S/C28H44O/c1-18(2)19(3)7-8-20(4)24-11-12-25-23-10-9-21-17-22(29)13-15-27(21,5)26(23)14-16-28(24,25)6/h7-10,18-20,22,24-26,29H,11-17H2,1-6H3/b8-7+/t19-,20+,22?,24?,25?,26?,27?,28?/m0/s1. The minimum absolute atomic E-state index is 0.116. The van der Waals surface area contributed by atoms with Crippen molar-refractivity contribution in [1.29, 1.82) is 0 Å². The van der Waals surface area contributed by atoms with Crippen LogP contribution < -0.4 is 0 Å². The van der Waals surface area contributed by atoms with Gasteiger partial charge < -0.3 is 5.11 Å². The molecule has 29 heavy (non-hydrogen) atoms. The summed E-state index contributed by atoms with van der Waals surface area (Å²) >= 11 is 0. The molecule has 0 heterocycles. The number of fused-ring (bicyclic) bond motifs is 5. The molecule has 4 aliphatic carbocycles. The van der Waals surface area contributed by atoms with Crippen LogP contribution in [0.3, 0.4) is 0 Å². The van der Waals surface area contributed by atoms with Gasteiger partial charge in [0.2, 0.25) is 0 Å². The molecule has 0 aromatic carbocycles. The molecule has 0 radical (unpaired) electrons. The summed E-state index contributed by atoms with van der Waals surface area (Å²) in [4.78, 5) is 0. The minimum Gasteiger partial charge on any atom is -0.393 e. The zero-order valence-corrected chi connectivity index (χ0v) is 19.7.